The van der Waals surface area contributed by atoms with Gasteiger partial charge in [-0.2, -0.15) is 0 Å². The second-order valence-electron chi connectivity index (χ2n) is 5.57. The van der Waals surface area contributed by atoms with Crippen LogP contribution in [0.3, 0.4) is 0 Å². The Morgan fingerprint density at radius 3 is 2.65 bits per heavy atom. The number of carbonyl (C=O) groups is 2. The monoisotopic (exact) mass is 297 g/mol. The van der Waals surface area contributed by atoms with Gasteiger partial charge in [0.1, 0.15) is 5.82 Å². The van der Waals surface area contributed by atoms with E-state index in [1.54, 1.807) is 0 Å². The van der Waals surface area contributed by atoms with Crippen molar-refractivity contribution in [2.75, 3.05) is 0 Å². The quantitative estimate of drug-likeness (QED) is 0.897. The zero-order valence-corrected chi connectivity index (χ0v) is 11.3. The fourth-order valence-corrected chi connectivity index (χ4v) is 2.77. The Hall–Kier alpha value is -1.62. The maximum Gasteiger partial charge on any atom is 0.330 e. The van der Waals surface area contributed by atoms with Crippen molar-refractivity contribution in [3.05, 3.63) is 34.6 Å². The smallest absolute Gasteiger partial charge is 0.330 e. The van der Waals surface area contributed by atoms with E-state index in [-0.39, 0.29) is 27.8 Å². The Morgan fingerprint density at radius 2 is 2.15 bits per heavy atom. The molecule has 2 N–H and O–H groups in total. The summed E-state index contributed by atoms with van der Waals surface area (Å²) < 4.78 is 13.4. The van der Waals surface area contributed by atoms with E-state index >= 15 is 0 Å². The number of rotatable bonds is 4. The molecule has 0 aromatic heterocycles. The lowest BCUT2D eigenvalue weighted by Crippen LogP contribution is -2.35. The summed E-state index contributed by atoms with van der Waals surface area (Å²) in [5, 5.41) is 11.6. The zero-order valence-electron chi connectivity index (χ0n) is 10.5. The molecule has 2 aliphatic rings. The van der Waals surface area contributed by atoms with Crippen LogP contribution < -0.4 is 5.32 Å². The van der Waals surface area contributed by atoms with E-state index in [2.05, 4.69) is 5.32 Å². The Balaban J connectivity index is 1.76. The minimum Gasteiger partial charge on any atom is -0.479 e. The zero-order chi connectivity index (χ0) is 14.5. The van der Waals surface area contributed by atoms with Crippen molar-refractivity contribution < 1.29 is 19.1 Å². The van der Waals surface area contributed by atoms with Crippen LogP contribution in [0.4, 0.5) is 4.39 Å². The maximum absolute atomic E-state index is 13.4. The predicted octanol–water partition coefficient (Wildman–Crippen LogP) is 2.52. The molecule has 6 heteroatoms. The summed E-state index contributed by atoms with van der Waals surface area (Å²) in [6.07, 6.45) is 2.91. The van der Waals surface area contributed by atoms with Crippen molar-refractivity contribution in [3.8, 4) is 0 Å². The first-order chi connectivity index (χ1) is 9.43. The van der Waals surface area contributed by atoms with Crippen molar-refractivity contribution >= 4 is 23.5 Å². The molecule has 0 radical (unpaired) electrons. The van der Waals surface area contributed by atoms with Crippen LogP contribution >= 0.6 is 11.6 Å². The molecule has 4 nitrogen and oxygen atoms in total. The van der Waals surface area contributed by atoms with Crippen LogP contribution in [0.2, 0.25) is 5.02 Å². The van der Waals surface area contributed by atoms with Gasteiger partial charge >= 0.3 is 5.97 Å². The van der Waals surface area contributed by atoms with E-state index in [0.717, 1.165) is 25.3 Å². The second-order valence-corrected chi connectivity index (χ2v) is 5.98. The van der Waals surface area contributed by atoms with Crippen LogP contribution in [0.1, 0.15) is 30.9 Å². The Labute approximate surface area is 119 Å². The summed E-state index contributed by atoms with van der Waals surface area (Å²) in [6, 6.07) is 2.49. The van der Waals surface area contributed by atoms with Gasteiger partial charge in [0.15, 0.2) is 6.04 Å². The highest BCUT2D eigenvalue weighted by atomic mass is 35.5. The van der Waals surface area contributed by atoms with Gasteiger partial charge < -0.3 is 10.4 Å². The molecule has 1 aromatic carbocycles. The Morgan fingerprint density at radius 1 is 1.45 bits per heavy atom. The number of carboxylic acids is 1. The van der Waals surface area contributed by atoms with Crippen LogP contribution in [-0.2, 0) is 9.59 Å². The fourth-order valence-electron chi connectivity index (χ4n) is 2.65. The first kappa shape index (κ1) is 13.4. The molecule has 2 aliphatic carbocycles. The third kappa shape index (κ3) is 2.26. The average Bonchev–Trinajstić information content (AvgIpc) is 3.30. The SMILES string of the molecule is O=C(O)C(NC(=O)C1CC12CC2)c1ccc(Cl)c(F)c1. The molecule has 1 aromatic rings. The largest absolute Gasteiger partial charge is 0.479 e. The van der Waals surface area contributed by atoms with E-state index in [0.29, 0.717) is 0 Å². The average molecular weight is 298 g/mol. The Bertz CT molecular complexity index is 600. The summed E-state index contributed by atoms with van der Waals surface area (Å²) in [6.45, 7) is 0. The molecule has 106 valence electrons. The lowest BCUT2D eigenvalue weighted by molar-refractivity contribution is -0.142. The van der Waals surface area contributed by atoms with Gasteiger partial charge in [-0.25, -0.2) is 9.18 Å². The van der Waals surface area contributed by atoms with Crippen LogP contribution in [0.5, 0.6) is 0 Å². The second kappa shape index (κ2) is 4.45. The standard InChI is InChI=1S/C14H13ClFNO3/c15-9-2-1-7(5-10(9)16)11(13(19)20)17-12(18)8-6-14(8)3-4-14/h1-2,5,8,11H,3-4,6H2,(H,17,18)(H,19,20). The van der Waals surface area contributed by atoms with Gasteiger partial charge in [-0.3, -0.25) is 4.79 Å². The number of hydrogen-bond donors (Lipinski definition) is 2. The molecule has 1 spiro atoms. The molecule has 3 rings (SSSR count). The van der Waals surface area contributed by atoms with Gasteiger partial charge in [0.05, 0.1) is 5.02 Å². The first-order valence-corrected chi connectivity index (χ1v) is 6.79. The van der Waals surface area contributed by atoms with Crippen molar-refractivity contribution in [2.24, 2.45) is 11.3 Å². The van der Waals surface area contributed by atoms with Crippen LogP contribution in [0.15, 0.2) is 18.2 Å². The van der Waals surface area contributed by atoms with Gasteiger partial charge in [0.25, 0.3) is 0 Å². The molecule has 2 saturated carbocycles. The van der Waals surface area contributed by atoms with Crippen molar-refractivity contribution in [1.82, 2.24) is 5.32 Å². The molecule has 0 heterocycles. The summed E-state index contributed by atoms with van der Waals surface area (Å²) in [5.74, 6) is -2.26. The minimum absolute atomic E-state index is 0.0802. The maximum atomic E-state index is 13.4. The first-order valence-electron chi connectivity index (χ1n) is 6.41. The van der Waals surface area contributed by atoms with E-state index in [1.165, 1.54) is 12.1 Å². The minimum atomic E-state index is -1.24. The third-order valence-corrected chi connectivity index (χ3v) is 4.52. The number of benzene rings is 1. The summed E-state index contributed by atoms with van der Waals surface area (Å²) in [7, 11) is 0. The molecule has 20 heavy (non-hydrogen) atoms. The van der Waals surface area contributed by atoms with Gasteiger partial charge in [-0.1, -0.05) is 17.7 Å². The molecule has 0 bridgehead atoms. The van der Waals surface area contributed by atoms with Crippen molar-refractivity contribution in [1.29, 1.82) is 0 Å². The number of carbonyl (C=O) groups excluding carboxylic acids is 1. The van der Waals surface area contributed by atoms with E-state index < -0.39 is 17.8 Å². The van der Waals surface area contributed by atoms with Gasteiger partial charge in [0.2, 0.25) is 5.91 Å². The molecule has 0 saturated heterocycles. The van der Waals surface area contributed by atoms with Crippen LogP contribution in [0, 0.1) is 17.2 Å². The number of carboxylic acid groups (broad SMARTS) is 1. The van der Waals surface area contributed by atoms with Gasteiger partial charge in [0, 0.05) is 5.92 Å². The lowest BCUT2D eigenvalue weighted by Gasteiger charge is -2.15. The van der Waals surface area contributed by atoms with E-state index in [4.69, 9.17) is 11.6 Å². The highest BCUT2D eigenvalue weighted by Crippen LogP contribution is 2.70. The topological polar surface area (TPSA) is 66.4 Å². The summed E-state index contributed by atoms with van der Waals surface area (Å²) >= 11 is 5.57. The van der Waals surface area contributed by atoms with Gasteiger partial charge in [-0.05, 0) is 42.4 Å². The summed E-state index contributed by atoms with van der Waals surface area (Å²) in [5.41, 5.74) is 0.330. The van der Waals surface area contributed by atoms with Crippen molar-refractivity contribution in [3.63, 3.8) is 0 Å². The molecule has 1 amide bonds. The molecular formula is C14H13ClFNO3. The normalized spacial score (nSPS) is 23.2. The lowest BCUT2D eigenvalue weighted by atomic mass is 10.1. The molecule has 2 atom stereocenters. The highest BCUT2D eigenvalue weighted by molar-refractivity contribution is 6.30. The van der Waals surface area contributed by atoms with E-state index in [9.17, 15) is 19.1 Å². The number of amides is 1. The highest BCUT2D eigenvalue weighted by Gasteiger charge is 2.65. The predicted molar refractivity (Wildman–Crippen MR) is 69.7 cm³/mol. The number of nitrogens with one attached hydrogen (secondary N) is 1. The van der Waals surface area contributed by atoms with Gasteiger partial charge in [-0.15, -0.1) is 0 Å². The van der Waals surface area contributed by atoms with Crippen molar-refractivity contribution in [2.45, 2.75) is 25.3 Å². The number of halogens is 2. The molecular weight excluding hydrogens is 285 g/mol. The van der Waals surface area contributed by atoms with E-state index in [1.807, 2.05) is 0 Å². The Kier molecular flexibility index (Phi) is 2.97. The molecule has 2 fully saturated rings. The fraction of sp³-hybridized carbons (Fsp3) is 0.429. The van der Waals surface area contributed by atoms with Crippen LogP contribution in [-0.4, -0.2) is 17.0 Å². The summed E-state index contributed by atoms with van der Waals surface area (Å²) in [4.78, 5) is 23.3. The van der Waals surface area contributed by atoms with Crippen LogP contribution in [0.25, 0.3) is 0 Å². The molecule has 2 unspecified atom stereocenters. The number of hydrogen-bond acceptors (Lipinski definition) is 2. The molecule has 0 aliphatic heterocycles. The number of aliphatic carboxylic acids is 1. The third-order valence-electron chi connectivity index (χ3n) is 4.21.